The van der Waals surface area contributed by atoms with Gasteiger partial charge in [-0.1, -0.05) is 12.6 Å². The molecule has 9 rings (SSSR count). The standard InChI is InChI=1S/C37H41F3N8O3/c1-3-29(50)48-18-36(19-48)8-10-45(11-9-36)34-26-12-25(22-5-6-22)31(30-21(2)4-7-28-27(30)13-41-44-28)33(51-20-37(38,39)40)32(26)42-35(43-34)47-14-23(15-47)46-16-24(49)17-46/h3-4,7,12-13,22-24,49H,1,5-6,8-11,14-20H2,2H3,(H,41,44). The van der Waals surface area contributed by atoms with Crippen molar-refractivity contribution in [3.63, 3.8) is 0 Å². The lowest BCUT2D eigenvalue weighted by Gasteiger charge is -2.54. The Morgan fingerprint density at radius 2 is 1.82 bits per heavy atom. The van der Waals surface area contributed by atoms with E-state index in [0.29, 0.717) is 80.6 Å². The number of halogens is 3. The topological polar surface area (TPSA) is 114 Å². The van der Waals surface area contributed by atoms with Crippen LogP contribution in [0.3, 0.4) is 0 Å². The number of aliphatic hydroxyl groups excluding tert-OH is 1. The summed E-state index contributed by atoms with van der Waals surface area (Å²) >= 11 is 0. The molecule has 0 atom stereocenters. The third-order valence-corrected chi connectivity index (χ3v) is 11.6. The highest BCUT2D eigenvalue weighted by Crippen LogP contribution is 2.53. The van der Waals surface area contributed by atoms with E-state index < -0.39 is 12.8 Å². The number of nitrogens with zero attached hydrogens (tertiary/aromatic N) is 7. The number of nitrogens with one attached hydrogen (secondary N) is 1. The Labute approximate surface area is 293 Å². The SMILES string of the molecule is C=CC(=O)N1CC2(CCN(c3nc(N4CC(N5CC(O)C5)C4)nc4c(OCC(F)(F)F)c(-c5c(C)ccc6[nH]ncc56)c(C5CC5)cc34)CC2)C1. The minimum atomic E-state index is -4.56. The van der Waals surface area contributed by atoms with E-state index in [4.69, 9.17) is 14.7 Å². The van der Waals surface area contributed by atoms with Crippen molar-refractivity contribution in [3.8, 4) is 16.9 Å². The van der Waals surface area contributed by atoms with E-state index in [1.807, 2.05) is 24.0 Å². The molecule has 0 radical (unpaired) electrons. The minimum Gasteiger partial charge on any atom is -0.481 e. The Morgan fingerprint density at radius 1 is 1.08 bits per heavy atom. The maximum atomic E-state index is 14.0. The van der Waals surface area contributed by atoms with E-state index >= 15 is 0 Å². The normalized spacial score (nSPS) is 21.2. The molecular formula is C37H41F3N8O3. The Hall–Kier alpha value is -4.43. The number of β-amino-alcohol motifs (C(OH)–C–C–N with tert-alkyl or cyclic N) is 1. The van der Waals surface area contributed by atoms with Gasteiger partial charge >= 0.3 is 6.18 Å². The molecule has 268 valence electrons. The fourth-order valence-corrected chi connectivity index (χ4v) is 8.53. The van der Waals surface area contributed by atoms with E-state index in [-0.39, 0.29) is 35.1 Å². The largest absolute Gasteiger partial charge is 0.481 e. The summed E-state index contributed by atoms with van der Waals surface area (Å²) in [6.45, 7) is 9.53. The van der Waals surface area contributed by atoms with Gasteiger partial charge < -0.3 is 24.5 Å². The summed E-state index contributed by atoms with van der Waals surface area (Å²) in [5, 5.41) is 18.7. The summed E-state index contributed by atoms with van der Waals surface area (Å²) in [5.41, 5.74) is 4.49. The van der Waals surface area contributed by atoms with Crippen molar-refractivity contribution in [2.45, 2.75) is 56.8 Å². The minimum absolute atomic E-state index is 0.0431. The smallest absolute Gasteiger partial charge is 0.422 e. The summed E-state index contributed by atoms with van der Waals surface area (Å²) in [7, 11) is 0. The highest BCUT2D eigenvalue weighted by molar-refractivity contribution is 6.06. The van der Waals surface area contributed by atoms with Gasteiger partial charge in [-0.3, -0.25) is 14.8 Å². The van der Waals surface area contributed by atoms with Crippen LogP contribution in [-0.2, 0) is 4.79 Å². The average Bonchev–Trinajstić information content (AvgIpc) is 3.80. The predicted octanol–water partition coefficient (Wildman–Crippen LogP) is 4.78. The number of alkyl halides is 3. The Balaban J connectivity index is 1.19. The maximum Gasteiger partial charge on any atom is 0.422 e. The van der Waals surface area contributed by atoms with Gasteiger partial charge in [0.05, 0.1) is 17.8 Å². The molecule has 1 spiro atoms. The summed E-state index contributed by atoms with van der Waals surface area (Å²) in [6.07, 6.45) is 1.80. The second-order valence-corrected chi connectivity index (χ2v) is 15.2. The average molecular weight is 703 g/mol. The first kappa shape index (κ1) is 32.5. The van der Waals surface area contributed by atoms with Gasteiger partial charge in [-0.2, -0.15) is 23.3 Å². The first-order chi connectivity index (χ1) is 24.5. The lowest BCUT2D eigenvalue weighted by Crippen LogP contribution is -2.67. The van der Waals surface area contributed by atoms with Crippen LogP contribution in [0.2, 0.25) is 0 Å². The Bertz CT molecular complexity index is 2030. The van der Waals surface area contributed by atoms with E-state index in [0.717, 1.165) is 53.3 Å². The number of likely N-dealkylation sites (tertiary alicyclic amines) is 2. The van der Waals surface area contributed by atoms with Gasteiger partial charge in [0, 0.05) is 80.2 Å². The second-order valence-electron chi connectivity index (χ2n) is 15.2. The van der Waals surface area contributed by atoms with E-state index in [9.17, 15) is 23.1 Å². The number of benzene rings is 2. The zero-order valence-electron chi connectivity index (χ0n) is 28.5. The molecule has 14 heteroatoms. The van der Waals surface area contributed by atoms with Crippen LogP contribution in [0.25, 0.3) is 32.9 Å². The first-order valence-corrected chi connectivity index (χ1v) is 17.8. The van der Waals surface area contributed by atoms with Gasteiger partial charge in [0.25, 0.3) is 0 Å². The second kappa shape index (κ2) is 11.8. The number of fused-ring (bicyclic) bond motifs is 2. The molecule has 0 bridgehead atoms. The number of rotatable bonds is 8. The van der Waals surface area contributed by atoms with Crippen molar-refractivity contribution >= 4 is 39.5 Å². The number of aromatic nitrogens is 4. The fourth-order valence-electron chi connectivity index (χ4n) is 8.53. The number of hydrogen-bond donors (Lipinski definition) is 2. The Morgan fingerprint density at radius 3 is 2.49 bits per heavy atom. The van der Waals surface area contributed by atoms with Crippen molar-refractivity contribution < 1.29 is 27.8 Å². The third kappa shape index (κ3) is 5.67. The van der Waals surface area contributed by atoms with Crippen molar-refractivity contribution in [2.75, 3.05) is 68.8 Å². The molecule has 1 aliphatic carbocycles. The number of amides is 1. The molecule has 2 N–H and O–H groups in total. The third-order valence-electron chi connectivity index (χ3n) is 11.6. The molecule has 5 fully saturated rings. The molecule has 5 aliphatic rings. The number of piperidine rings is 1. The number of hydrogen-bond acceptors (Lipinski definition) is 9. The molecule has 1 saturated carbocycles. The van der Waals surface area contributed by atoms with Crippen LogP contribution in [-0.4, -0.2) is 118 Å². The summed E-state index contributed by atoms with van der Waals surface area (Å²) < 4.78 is 48.0. The van der Waals surface area contributed by atoms with Crippen molar-refractivity contribution in [1.82, 2.24) is 30.0 Å². The molecule has 11 nitrogen and oxygen atoms in total. The molecular weight excluding hydrogens is 661 g/mol. The van der Waals surface area contributed by atoms with Gasteiger partial charge in [-0.25, -0.2) is 4.98 Å². The highest BCUT2D eigenvalue weighted by atomic mass is 19.4. The lowest BCUT2D eigenvalue weighted by molar-refractivity contribution is -0.153. The summed E-state index contributed by atoms with van der Waals surface area (Å²) in [6, 6.07) is 6.25. The van der Waals surface area contributed by atoms with Crippen molar-refractivity contribution in [3.05, 3.63) is 48.2 Å². The van der Waals surface area contributed by atoms with Crippen LogP contribution in [0.5, 0.6) is 5.75 Å². The van der Waals surface area contributed by atoms with Gasteiger partial charge in [0.2, 0.25) is 11.9 Å². The molecule has 6 heterocycles. The number of anilines is 2. The molecule has 2 aromatic carbocycles. The van der Waals surface area contributed by atoms with Gasteiger partial charge in [-0.15, -0.1) is 0 Å². The molecule has 1 amide bonds. The quantitative estimate of drug-likeness (QED) is 0.251. The number of aliphatic hydroxyl groups is 1. The monoisotopic (exact) mass is 702 g/mol. The Kier molecular flexibility index (Phi) is 7.52. The fraction of sp³-hybridized carbons (Fsp3) is 0.514. The summed E-state index contributed by atoms with van der Waals surface area (Å²) in [5.74, 6) is 1.41. The first-order valence-electron chi connectivity index (χ1n) is 17.8. The maximum absolute atomic E-state index is 14.0. The number of aromatic amines is 1. The molecule has 0 unspecified atom stereocenters. The van der Waals surface area contributed by atoms with Crippen LogP contribution >= 0.6 is 0 Å². The predicted molar refractivity (Wildman–Crippen MR) is 187 cm³/mol. The molecule has 2 aromatic heterocycles. The number of aryl methyl sites for hydroxylation is 1. The van der Waals surface area contributed by atoms with Crippen LogP contribution in [0, 0.1) is 12.3 Å². The van der Waals surface area contributed by atoms with Crippen LogP contribution in [0.15, 0.2) is 37.1 Å². The van der Waals surface area contributed by atoms with Crippen LogP contribution in [0.4, 0.5) is 24.9 Å². The number of ether oxygens (including phenoxy) is 1. The molecule has 51 heavy (non-hydrogen) atoms. The zero-order chi connectivity index (χ0) is 35.2. The van der Waals surface area contributed by atoms with Crippen LogP contribution in [0.1, 0.15) is 42.7 Å². The number of carbonyl (C=O) groups excluding carboxylic acids is 1. The van der Waals surface area contributed by atoms with Gasteiger partial charge in [0.1, 0.15) is 11.3 Å². The van der Waals surface area contributed by atoms with Crippen molar-refractivity contribution in [2.24, 2.45) is 5.41 Å². The molecule has 4 saturated heterocycles. The van der Waals surface area contributed by atoms with E-state index in [2.05, 4.69) is 37.5 Å². The lowest BCUT2D eigenvalue weighted by atomic mass is 9.72. The van der Waals surface area contributed by atoms with E-state index in [1.54, 1.807) is 6.20 Å². The summed E-state index contributed by atoms with van der Waals surface area (Å²) in [4.78, 5) is 30.8. The molecule has 4 aliphatic heterocycles. The van der Waals surface area contributed by atoms with Crippen molar-refractivity contribution in [1.29, 1.82) is 0 Å². The van der Waals surface area contributed by atoms with Gasteiger partial charge in [0.15, 0.2) is 12.4 Å². The number of H-pyrrole nitrogens is 1. The van der Waals surface area contributed by atoms with Crippen LogP contribution < -0.4 is 14.5 Å². The number of carbonyl (C=O) groups is 1. The zero-order valence-corrected chi connectivity index (χ0v) is 28.5. The van der Waals surface area contributed by atoms with E-state index in [1.165, 1.54) is 6.08 Å². The highest BCUT2D eigenvalue weighted by Gasteiger charge is 2.47. The molecule has 4 aromatic rings. The van der Waals surface area contributed by atoms with Gasteiger partial charge in [-0.05, 0) is 73.4 Å².